The molecule has 1 amide bonds. The van der Waals surface area contributed by atoms with E-state index in [-0.39, 0.29) is 11.7 Å². The van der Waals surface area contributed by atoms with Gasteiger partial charge in [-0.25, -0.2) is 4.39 Å². The Morgan fingerprint density at radius 2 is 1.79 bits per heavy atom. The Morgan fingerprint density at radius 1 is 1.07 bits per heavy atom. The van der Waals surface area contributed by atoms with Crippen molar-refractivity contribution in [2.45, 2.75) is 32.1 Å². The van der Waals surface area contributed by atoms with Crippen molar-refractivity contribution in [2.24, 2.45) is 10.4 Å². The molecule has 1 spiro atoms. The molecule has 1 aromatic rings. The van der Waals surface area contributed by atoms with Crippen molar-refractivity contribution in [3.05, 3.63) is 30.1 Å². The molecule has 1 N–H and O–H groups in total. The highest BCUT2D eigenvalue weighted by Crippen LogP contribution is 2.47. The van der Waals surface area contributed by atoms with Gasteiger partial charge in [0.15, 0.2) is 5.96 Å². The quantitative estimate of drug-likeness (QED) is 0.621. The molecule has 0 atom stereocenters. The van der Waals surface area contributed by atoms with Crippen molar-refractivity contribution in [3.8, 4) is 0 Å². The van der Waals surface area contributed by atoms with Crippen LogP contribution in [-0.4, -0.2) is 74.5 Å². The zero-order valence-electron chi connectivity index (χ0n) is 17.4. The molecular weight excluding hydrogens is 369 g/mol. The first-order chi connectivity index (χ1) is 14.1. The topological polar surface area (TPSA) is 51.2 Å². The van der Waals surface area contributed by atoms with Crippen LogP contribution in [0.15, 0.2) is 29.3 Å². The molecule has 6 nitrogen and oxygen atoms in total. The Kier molecular flexibility index (Phi) is 5.92. The van der Waals surface area contributed by atoms with E-state index in [0.717, 1.165) is 37.8 Å². The molecule has 2 aliphatic heterocycles. The van der Waals surface area contributed by atoms with Gasteiger partial charge in [-0.05, 0) is 48.9 Å². The summed E-state index contributed by atoms with van der Waals surface area (Å²) in [5, 5.41) is 3.39. The second-order valence-electron chi connectivity index (χ2n) is 8.59. The van der Waals surface area contributed by atoms with E-state index in [1.165, 1.54) is 37.8 Å². The van der Waals surface area contributed by atoms with Gasteiger partial charge in [0.05, 0.1) is 0 Å². The zero-order valence-corrected chi connectivity index (χ0v) is 17.4. The van der Waals surface area contributed by atoms with E-state index < -0.39 is 0 Å². The molecule has 2 saturated heterocycles. The minimum Gasteiger partial charge on any atom is -0.368 e. The van der Waals surface area contributed by atoms with Gasteiger partial charge in [0.25, 0.3) is 0 Å². The molecule has 1 aliphatic carbocycles. The van der Waals surface area contributed by atoms with Gasteiger partial charge >= 0.3 is 0 Å². The van der Waals surface area contributed by atoms with Crippen LogP contribution in [0, 0.1) is 11.2 Å². The number of amides is 1. The number of benzene rings is 1. The van der Waals surface area contributed by atoms with Crippen molar-refractivity contribution in [1.29, 1.82) is 0 Å². The minimum atomic E-state index is -0.221. The lowest BCUT2D eigenvalue weighted by Gasteiger charge is -2.38. The third-order valence-electron chi connectivity index (χ3n) is 6.81. The van der Waals surface area contributed by atoms with Crippen LogP contribution >= 0.6 is 0 Å². The normalized spacial score (nSPS) is 21.4. The number of nitrogens with one attached hydrogen (secondary N) is 1. The van der Waals surface area contributed by atoms with Gasteiger partial charge in [-0.1, -0.05) is 6.42 Å². The van der Waals surface area contributed by atoms with E-state index in [0.29, 0.717) is 31.5 Å². The fraction of sp³-hybridized carbons (Fsp3) is 0.636. The maximum absolute atomic E-state index is 13.1. The van der Waals surface area contributed by atoms with Crippen molar-refractivity contribution < 1.29 is 9.18 Å². The van der Waals surface area contributed by atoms with Crippen molar-refractivity contribution in [2.75, 3.05) is 57.8 Å². The standard InChI is InChI=1S/C22H32FN5O/c1-24-21(28-12-10-22(17-28)8-2-9-22)25-11-7-20(29)27-15-13-26(14-16-27)19-5-3-18(23)4-6-19/h3-6H,2,7-17H2,1H3,(H,24,25). The zero-order chi connectivity index (χ0) is 20.3. The van der Waals surface area contributed by atoms with E-state index in [4.69, 9.17) is 0 Å². The van der Waals surface area contributed by atoms with E-state index in [1.54, 1.807) is 12.1 Å². The molecule has 4 rings (SSSR count). The number of hydrogen-bond acceptors (Lipinski definition) is 3. The molecular formula is C22H32FN5O. The average molecular weight is 402 g/mol. The molecule has 29 heavy (non-hydrogen) atoms. The molecule has 158 valence electrons. The number of guanidine groups is 1. The molecule has 1 aromatic carbocycles. The lowest BCUT2D eigenvalue weighted by atomic mass is 9.68. The molecule has 0 aromatic heterocycles. The largest absolute Gasteiger partial charge is 0.368 e. The highest BCUT2D eigenvalue weighted by Gasteiger charge is 2.43. The summed E-state index contributed by atoms with van der Waals surface area (Å²) in [6.45, 7) is 5.77. The smallest absolute Gasteiger partial charge is 0.224 e. The first kappa shape index (κ1) is 20.0. The summed E-state index contributed by atoms with van der Waals surface area (Å²) in [6, 6.07) is 6.57. The number of halogens is 1. The van der Waals surface area contributed by atoms with Crippen molar-refractivity contribution in [3.63, 3.8) is 0 Å². The maximum Gasteiger partial charge on any atom is 0.224 e. The van der Waals surface area contributed by atoms with Gasteiger partial charge in [-0.15, -0.1) is 0 Å². The fourth-order valence-corrected chi connectivity index (χ4v) is 4.84. The second-order valence-corrected chi connectivity index (χ2v) is 8.59. The summed E-state index contributed by atoms with van der Waals surface area (Å²) < 4.78 is 13.1. The van der Waals surface area contributed by atoms with Crippen LogP contribution in [0.1, 0.15) is 32.1 Å². The Hall–Kier alpha value is -2.31. The molecule has 0 bridgehead atoms. The number of nitrogens with zero attached hydrogens (tertiary/aromatic N) is 4. The Balaban J connectivity index is 1.19. The lowest BCUT2D eigenvalue weighted by Crippen LogP contribution is -2.49. The molecule has 2 heterocycles. The number of aliphatic imine (C=N–C) groups is 1. The van der Waals surface area contributed by atoms with Crippen molar-refractivity contribution >= 4 is 17.6 Å². The van der Waals surface area contributed by atoms with Gasteiger partial charge in [-0.2, -0.15) is 0 Å². The third-order valence-corrected chi connectivity index (χ3v) is 6.81. The molecule has 3 aliphatic rings. The van der Waals surface area contributed by atoms with E-state index >= 15 is 0 Å². The van der Waals surface area contributed by atoms with Crippen LogP contribution in [0.2, 0.25) is 0 Å². The summed E-state index contributed by atoms with van der Waals surface area (Å²) >= 11 is 0. The summed E-state index contributed by atoms with van der Waals surface area (Å²) in [5.74, 6) is 0.896. The number of carbonyl (C=O) groups is 1. The van der Waals surface area contributed by atoms with E-state index in [2.05, 4.69) is 20.1 Å². The first-order valence-electron chi connectivity index (χ1n) is 10.8. The number of hydrogen-bond donors (Lipinski definition) is 1. The fourth-order valence-electron chi connectivity index (χ4n) is 4.84. The first-order valence-corrected chi connectivity index (χ1v) is 10.8. The maximum atomic E-state index is 13.1. The number of likely N-dealkylation sites (tertiary alicyclic amines) is 1. The molecule has 1 saturated carbocycles. The Labute approximate surface area is 172 Å². The number of rotatable bonds is 4. The lowest BCUT2D eigenvalue weighted by molar-refractivity contribution is -0.131. The van der Waals surface area contributed by atoms with Crippen LogP contribution in [0.3, 0.4) is 0 Å². The van der Waals surface area contributed by atoms with Crippen LogP contribution in [-0.2, 0) is 4.79 Å². The van der Waals surface area contributed by atoms with Gasteiger partial charge in [0, 0.05) is 65.0 Å². The highest BCUT2D eigenvalue weighted by molar-refractivity contribution is 5.81. The van der Waals surface area contributed by atoms with E-state index in [9.17, 15) is 9.18 Å². The average Bonchev–Trinajstić information content (AvgIpc) is 3.18. The second kappa shape index (κ2) is 8.59. The van der Waals surface area contributed by atoms with Crippen LogP contribution in [0.5, 0.6) is 0 Å². The van der Waals surface area contributed by atoms with E-state index in [1.807, 2.05) is 11.9 Å². The van der Waals surface area contributed by atoms with Crippen LogP contribution < -0.4 is 10.2 Å². The monoisotopic (exact) mass is 401 g/mol. The summed E-state index contributed by atoms with van der Waals surface area (Å²) in [6.07, 6.45) is 5.81. The Morgan fingerprint density at radius 3 is 2.38 bits per heavy atom. The molecule has 0 unspecified atom stereocenters. The summed E-state index contributed by atoms with van der Waals surface area (Å²) in [7, 11) is 1.82. The number of anilines is 1. The molecule has 3 fully saturated rings. The van der Waals surface area contributed by atoms with Crippen molar-refractivity contribution in [1.82, 2.24) is 15.1 Å². The predicted octanol–water partition coefficient (Wildman–Crippen LogP) is 2.32. The number of carbonyl (C=O) groups excluding carboxylic acids is 1. The van der Waals surface area contributed by atoms with Crippen LogP contribution in [0.25, 0.3) is 0 Å². The number of piperazine rings is 1. The highest BCUT2D eigenvalue weighted by atomic mass is 19.1. The summed E-state index contributed by atoms with van der Waals surface area (Å²) in [5.41, 5.74) is 1.55. The third kappa shape index (κ3) is 4.49. The summed E-state index contributed by atoms with van der Waals surface area (Å²) in [4.78, 5) is 23.5. The molecule has 7 heteroatoms. The predicted molar refractivity (Wildman–Crippen MR) is 114 cm³/mol. The van der Waals surface area contributed by atoms with Gasteiger partial charge < -0.3 is 20.0 Å². The van der Waals surface area contributed by atoms with Gasteiger partial charge in [0.2, 0.25) is 5.91 Å². The SMILES string of the molecule is CN=C(NCCC(=O)N1CCN(c2ccc(F)cc2)CC1)N1CCC2(CCC2)C1. The van der Waals surface area contributed by atoms with Crippen LogP contribution in [0.4, 0.5) is 10.1 Å². The minimum absolute atomic E-state index is 0.184. The van der Waals surface area contributed by atoms with Gasteiger partial charge in [0.1, 0.15) is 5.82 Å². The Bertz CT molecular complexity index is 738. The molecule has 0 radical (unpaired) electrons. The van der Waals surface area contributed by atoms with Gasteiger partial charge in [-0.3, -0.25) is 9.79 Å².